The summed E-state index contributed by atoms with van der Waals surface area (Å²) >= 11 is 0. The molecule has 0 unspecified atom stereocenters. The van der Waals surface area contributed by atoms with Gasteiger partial charge in [-0.2, -0.15) is 0 Å². The first-order valence-corrected chi connectivity index (χ1v) is 6.54. The highest BCUT2D eigenvalue weighted by molar-refractivity contribution is 5.83. The Morgan fingerprint density at radius 1 is 1.06 bits per heavy atom. The highest BCUT2D eigenvalue weighted by atomic mass is 16.6. The van der Waals surface area contributed by atoms with Gasteiger partial charge in [0.25, 0.3) is 0 Å². The quantitative estimate of drug-likeness (QED) is 0.769. The van der Waals surface area contributed by atoms with Crippen LogP contribution in [0.5, 0.6) is 0 Å². The van der Waals surface area contributed by atoms with E-state index in [1.54, 1.807) is 20.8 Å². The summed E-state index contributed by atoms with van der Waals surface area (Å²) in [6.45, 7) is 13.4. The van der Waals surface area contributed by atoms with Crippen LogP contribution in [0.3, 0.4) is 0 Å². The molecule has 4 heteroatoms. The van der Waals surface area contributed by atoms with Crippen LogP contribution >= 0.6 is 0 Å². The molecule has 0 aromatic carbocycles. The summed E-state index contributed by atoms with van der Waals surface area (Å²) in [4.78, 5) is 23.5. The normalized spacial score (nSPS) is 12.1. The molecule has 0 aliphatic carbocycles. The van der Waals surface area contributed by atoms with Crippen LogP contribution in [0.4, 0.5) is 0 Å². The molecule has 0 heterocycles. The molecule has 4 nitrogen and oxygen atoms in total. The van der Waals surface area contributed by atoms with Crippen molar-refractivity contribution in [2.24, 2.45) is 17.8 Å². The molecule has 0 aromatic rings. The minimum atomic E-state index is -0.517. The second-order valence-electron chi connectivity index (χ2n) is 6.32. The fourth-order valence-electron chi connectivity index (χ4n) is 2.03. The molecule has 0 saturated heterocycles. The van der Waals surface area contributed by atoms with E-state index >= 15 is 0 Å². The van der Waals surface area contributed by atoms with E-state index in [1.807, 2.05) is 27.7 Å². The van der Waals surface area contributed by atoms with Crippen molar-refractivity contribution in [3.63, 3.8) is 0 Å². The van der Waals surface area contributed by atoms with Gasteiger partial charge in [0.05, 0.1) is 0 Å². The number of amides is 1. The van der Waals surface area contributed by atoms with Crippen molar-refractivity contribution in [1.29, 1.82) is 0 Å². The SMILES string of the molecule is CC(C)C(C(=O)NCC(=O)OC(C)(C)C)C(C)C. The smallest absolute Gasteiger partial charge is 0.325 e. The lowest BCUT2D eigenvalue weighted by molar-refractivity contribution is -0.155. The van der Waals surface area contributed by atoms with Crippen LogP contribution in [0.2, 0.25) is 0 Å². The predicted octanol–water partition coefficient (Wildman–Crippen LogP) is 2.37. The van der Waals surface area contributed by atoms with Crippen molar-refractivity contribution in [3.05, 3.63) is 0 Å². The Morgan fingerprint density at radius 3 is 1.83 bits per heavy atom. The van der Waals surface area contributed by atoms with Gasteiger partial charge in [-0.25, -0.2) is 0 Å². The molecule has 106 valence electrons. The fourth-order valence-corrected chi connectivity index (χ4v) is 2.03. The molecule has 18 heavy (non-hydrogen) atoms. The van der Waals surface area contributed by atoms with Gasteiger partial charge in [-0.1, -0.05) is 27.7 Å². The highest BCUT2D eigenvalue weighted by Gasteiger charge is 2.26. The Labute approximate surface area is 110 Å². The van der Waals surface area contributed by atoms with Crippen molar-refractivity contribution < 1.29 is 14.3 Å². The van der Waals surface area contributed by atoms with E-state index in [9.17, 15) is 9.59 Å². The first-order valence-electron chi connectivity index (χ1n) is 6.54. The van der Waals surface area contributed by atoms with Crippen LogP contribution in [0, 0.1) is 17.8 Å². The summed E-state index contributed by atoms with van der Waals surface area (Å²) in [6, 6.07) is 0. The van der Waals surface area contributed by atoms with Crippen LogP contribution in [-0.2, 0) is 14.3 Å². The van der Waals surface area contributed by atoms with E-state index < -0.39 is 11.6 Å². The molecule has 0 spiro atoms. The third kappa shape index (κ3) is 6.62. The number of ether oxygens (including phenoxy) is 1. The fraction of sp³-hybridized carbons (Fsp3) is 0.857. The summed E-state index contributed by atoms with van der Waals surface area (Å²) < 4.78 is 5.14. The summed E-state index contributed by atoms with van der Waals surface area (Å²) in [5.74, 6) is -0.0484. The first kappa shape index (κ1) is 16.9. The molecule has 1 amide bonds. The number of hydrogen-bond donors (Lipinski definition) is 1. The Morgan fingerprint density at radius 2 is 1.50 bits per heavy atom. The molecule has 0 fully saturated rings. The van der Waals surface area contributed by atoms with Gasteiger partial charge in [0.15, 0.2) is 0 Å². The number of esters is 1. The second kappa shape index (κ2) is 6.76. The Kier molecular flexibility index (Phi) is 6.36. The van der Waals surface area contributed by atoms with Crippen LogP contribution in [0.25, 0.3) is 0 Å². The largest absolute Gasteiger partial charge is 0.459 e. The zero-order valence-electron chi connectivity index (χ0n) is 12.7. The van der Waals surface area contributed by atoms with Gasteiger partial charge in [-0.15, -0.1) is 0 Å². The van der Waals surface area contributed by atoms with Gasteiger partial charge in [0.2, 0.25) is 5.91 Å². The highest BCUT2D eigenvalue weighted by Crippen LogP contribution is 2.20. The second-order valence-corrected chi connectivity index (χ2v) is 6.32. The molecule has 0 aliphatic rings. The van der Waals surface area contributed by atoms with Gasteiger partial charge < -0.3 is 10.1 Å². The van der Waals surface area contributed by atoms with Crippen molar-refractivity contribution in [3.8, 4) is 0 Å². The summed E-state index contributed by atoms with van der Waals surface area (Å²) in [5.41, 5.74) is -0.517. The zero-order chi connectivity index (χ0) is 14.5. The third-order valence-corrected chi connectivity index (χ3v) is 2.57. The van der Waals surface area contributed by atoms with Gasteiger partial charge in [0, 0.05) is 5.92 Å². The standard InChI is InChI=1S/C14H27NO3/c1-9(2)12(10(3)4)13(17)15-8-11(16)18-14(5,6)7/h9-10,12H,8H2,1-7H3,(H,15,17). The van der Waals surface area contributed by atoms with Crippen molar-refractivity contribution in [2.75, 3.05) is 6.54 Å². The minimum Gasteiger partial charge on any atom is -0.459 e. The maximum Gasteiger partial charge on any atom is 0.325 e. The van der Waals surface area contributed by atoms with Crippen LogP contribution in [-0.4, -0.2) is 24.0 Å². The average Bonchev–Trinajstić information content (AvgIpc) is 2.10. The number of carbonyl (C=O) groups is 2. The Balaban J connectivity index is 4.29. The van der Waals surface area contributed by atoms with Crippen molar-refractivity contribution >= 4 is 11.9 Å². The molecule has 0 rings (SSSR count). The molecule has 0 radical (unpaired) electrons. The number of hydrogen-bond acceptors (Lipinski definition) is 3. The average molecular weight is 257 g/mol. The van der Waals surface area contributed by atoms with Crippen molar-refractivity contribution in [2.45, 2.75) is 54.1 Å². The Hall–Kier alpha value is -1.06. The molecule has 1 N–H and O–H groups in total. The van der Waals surface area contributed by atoms with Crippen LogP contribution in [0.15, 0.2) is 0 Å². The number of carbonyl (C=O) groups excluding carboxylic acids is 2. The van der Waals surface area contributed by atoms with Crippen LogP contribution < -0.4 is 5.32 Å². The Bertz CT molecular complexity index is 282. The first-order chi connectivity index (χ1) is 8.04. The summed E-state index contributed by atoms with van der Waals surface area (Å²) in [6.07, 6.45) is 0. The lowest BCUT2D eigenvalue weighted by Gasteiger charge is -2.24. The number of nitrogens with one attached hydrogen (secondary N) is 1. The van der Waals surface area contributed by atoms with Gasteiger partial charge in [-0.3, -0.25) is 9.59 Å². The van der Waals surface area contributed by atoms with E-state index in [-0.39, 0.29) is 30.2 Å². The molecule has 0 aliphatic heterocycles. The summed E-state index contributed by atoms with van der Waals surface area (Å²) in [7, 11) is 0. The third-order valence-electron chi connectivity index (χ3n) is 2.57. The molecular weight excluding hydrogens is 230 g/mol. The van der Waals surface area contributed by atoms with Crippen LogP contribution in [0.1, 0.15) is 48.5 Å². The van der Waals surface area contributed by atoms with E-state index in [2.05, 4.69) is 5.32 Å². The van der Waals surface area contributed by atoms with E-state index in [1.165, 1.54) is 0 Å². The minimum absolute atomic E-state index is 0.0634. The number of rotatable bonds is 5. The van der Waals surface area contributed by atoms with E-state index in [0.717, 1.165) is 0 Å². The maximum atomic E-state index is 12.0. The molecule has 0 saturated carbocycles. The lowest BCUT2D eigenvalue weighted by Crippen LogP contribution is -2.40. The van der Waals surface area contributed by atoms with E-state index in [0.29, 0.717) is 0 Å². The summed E-state index contributed by atoms with van der Waals surface area (Å²) in [5, 5.41) is 2.65. The molecule has 0 aromatic heterocycles. The maximum absolute atomic E-state index is 12.0. The van der Waals surface area contributed by atoms with Gasteiger partial charge in [0.1, 0.15) is 12.1 Å². The molecular formula is C14H27NO3. The van der Waals surface area contributed by atoms with Gasteiger partial charge >= 0.3 is 5.97 Å². The topological polar surface area (TPSA) is 55.4 Å². The van der Waals surface area contributed by atoms with Gasteiger partial charge in [-0.05, 0) is 32.6 Å². The zero-order valence-corrected chi connectivity index (χ0v) is 12.7. The molecule has 0 atom stereocenters. The van der Waals surface area contributed by atoms with Crippen molar-refractivity contribution in [1.82, 2.24) is 5.32 Å². The molecule has 0 bridgehead atoms. The van der Waals surface area contributed by atoms with E-state index in [4.69, 9.17) is 4.74 Å². The monoisotopic (exact) mass is 257 g/mol. The lowest BCUT2D eigenvalue weighted by atomic mass is 9.85. The predicted molar refractivity (Wildman–Crippen MR) is 72.0 cm³/mol.